The summed E-state index contributed by atoms with van der Waals surface area (Å²) in [5, 5.41) is 1.05. The van der Waals surface area contributed by atoms with E-state index in [-0.39, 0.29) is 5.78 Å². The molecule has 1 aliphatic carbocycles. The predicted molar refractivity (Wildman–Crippen MR) is 72.1 cm³/mol. The Morgan fingerprint density at radius 3 is 2.71 bits per heavy atom. The topological polar surface area (TPSA) is 33.2 Å². The second-order valence-electron chi connectivity index (χ2n) is 4.75. The average molecular weight is 252 g/mol. The summed E-state index contributed by atoms with van der Waals surface area (Å²) in [4.78, 5) is 19.2. The van der Waals surface area contributed by atoms with E-state index in [2.05, 4.69) is 16.8 Å². The lowest BCUT2D eigenvalue weighted by atomic mass is 10.3. The van der Waals surface area contributed by atoms with Crippen LogP contribution >= 0.6 is 11.3 Å². The summed E-state index contributed by atoms with van der Waals surface area (Å²) in [6.45, 7) is 6.84. The minimum absolute atomic E-state index is 0.137. The second kappa shape index (κ2) is 5.17. The normalized spacial score (nSPS) is 15.0. The molecular weight excluding hydrogens is 232 g/mol. The van der Waals surface area contributed by atoms with Gasteiger partial charge in [0.1, 0.15) is 0 Å². The van der Waals surface area contributed by atoms with Crippen molar-refractivity contribution in [1.29, 1.82) is 0 Å². The van der Waals surface area contributed by atoms with Gasteiger partial charge in [-0.05, 0) is 26.2 Å². The fourth-order valence-electron chi connectivity index (χ4n) is 1.98. The van der Waals surface area contributed by atoms with Crippen LogP contribution in [0.25, 0.3) is 0 Å². The number of nitrogens with zero attached hydrogens (tertiary/aromatic N) is 2. The fraction of sp³-hybridized carbons (Fsp3) is 0.692. The van der Waals surface area contributed by atoms with Crippen LogP contribution in [-0.4, -0.2) is 23.4 Å². The van der Waals surface area contributed by atoms with Crippen molar-refractivity contribution >= 4 is 22.3 Å². The lowest BCUT2D eigenvalue weighted by molar-refractivity contribution is 0.102. The van der Waals surface area contributed by atoms with Crippen molar-refractivity contribution in [2.75, 3.05) is 11.4 Å². The van der Waals surface area contributed by atoms with Gasteiger partial charge in [0.2, 0.25) is 0 Å². The maximum absolute atomic E-state index is 11.5. The summed E-state index contributed by atoms with van der Waals surface area (Å²) in [6.07, 6.45) is 4.95. The molecule has 0 spiro atoms. The van der Waals surface area contributed by atoms with Crippen molar-refractivity contribution < 1.29 is 4.79 Å². The zero-order valence-electron chi connectivity index (χ0n) is 10.8. The molecule has 0 N–H and O–H groups in total. The number of thiazole rings is 1. The zero-order valence-corrected chi connectivity index (χ0v) is 11.6. The van der Waals surface area contributed by atoms with E-state index in [4.69, 9.17) is 0 Å². The number of hydrogen-bond acceptors (Lipinski definition) is 4. The predicted octanol–water partition coefficient (Wildman–Crippen LogP) is 3.42. The van der Waals surface area contributed by atoms with E-state index in [1.807, 2.05) is 6.92 Å². The number of carbonyl (C=O) groups is 1. The van der Waals surface area contributed by atoms with Crippen LogP contribution in [0.1, 0.15) is 54.9 Å². The molecule has 1 aromatic rings. The van der Waals surface area contributed by atoms with Gasteiger partial charge in [-0.15, -0.1) is 0 Å². The molecular formula is C13H20N2OS. The number of aromatic nitrogens is 1. The second-order valence-corrected chi connectivity index (χ2v) is 5.72. The summed E-state index contributed by atoms with van der Waals surface area (Å²) in [7, 11) is 0. The average Bonchev–Trinajstić information content (AvgIpc) is 3.02. The first-order chi connectivity index (χ1) is 8.13. The van der Waals surface area contributed by atoms with Crippen LogP contribution < -0.4 is 4.90 Å². The van der Waals surface area contributed by atoms with Crippen molar-refractivity contribution in [3.63, 3.8) is 0 Å². The molecule has 0 atom stereocenters. The first-order valence-electron chi connectivity index (χ1n) is 6.38. The highest BCUT2D eigenvalue weighted by molar-refractivity contribution is 7.17. The number of Topliss-reactive ketones (excluding diaryl/α,β-unsaturated/α-hetero) is 1. The van der Waals surface area contributed by atoms with Gasteiger partial charge in [-0.3, -0.25) is 4.79 Å². The number of rotatable bonds is 6. The molecule has 0 radical (unpaired) electrons. The SMILES string of the molecule is CCCCN(c1nc(C)c(C(C)=O)s1)C1CC1. The van der Waals surface area contributed by atoms with Crippen molar-refractivity contribution in [3.05, 3.63) is 10.6 Å². The van der Waals surface area contributed by atoms with Crippen LogP contribution in [0.5, 0.6) is 0 Å². The van der Waals surface area contributed by atoms with Crippen LogP contribution in [0.15, 0.2) is 0 Å². The summed E-state index contributed by atoms with van der Waals surface area (Å²) < 4.78 is 0. The Bertz CT molecular complexity index is 410. The van der Waals surface area contributed by atoms with E-state index < -0.39 is 0 Å². The molecule has 0 bridgehead atoms. The molecule has 1 heterocycles. The number of hydrogen-bond donors (Lipinski definition) is 0. The Kier molecular flexibility index (Phi) is 3.82. The molecule has 17 heavy (non-hydrogen) atoms. The van der Waals surface area contributed by atoms with Gasteiger partial charge in [-0.1, -0.05) is 24.7 Å². The summed E-state index contributed by atoms with van der Waals surface area (Å²) in [6, 6.07) is 0.673. The monoisotopic (exact) mass is 252 g/mol. The van der Waals surface area contributed by atoms with Gasteiger partial charge in [-0.25, -0.2) is 4.98 Å². The molecule has 0 amide bonds. The standard InChI is InChI=1S/C13H20N2OS/c1-4-5-8-15(11-6-7-11)13-14-9(2)12(17-13)10(3)16/h11H,4-8H2,1-3H3. The lowest BCUT2D eigenvalue weighted by Gasteiger charge is -2.20. The van der Waals surface area contributed by atoms with E-state index >= 15 is 0 Å². The molecule has 0 aliphatic heterocycles. The molecule has 1 fully saturated rings. The number of anilines is 1. The largest absolute Gasteiger partial charge is 0.345 e. The van der Waals surface area contributed by atoms with Crippen LogP contribution in [-0.2, 0) is 0 Å². The summed E-state index contributed by atoms with van der Waals surface area (Å²) in [5.41, 5.74) is 0.889. The van der Waals surface area contributed by atoms with E-state index in [1.165, 1.54) is 25.7 Å². The maximum Gasteiger partial charge on any atom is 0.186 e. The molecule has 1 aliphatic rings. The third-order valence-corrected chi connectivity index (χ3v) is 4.39. The first kappa shape index (κ1) is 12.6. The molecule has 0 aromatic carbocycles. The Morgan fingerprint density at radius 1 is 1.53 bits per heavy atom. The Hall–Kier alpha value is -0.900. The summed E-state index contributed by atoms with van der Waals surface area (Å²) >= 11 is 1.56. The third-order valence-electron chi connectivity index (χ3n) is 3.09. The van der Waals surface area contributed by atoms with Crippen LogP contribution in [0.2, 0.25) is 0 Å². The molecule has 4 heteroatoms. The van der Waals surface area contributed by atoms with E-state index in [9.17, 15) is 4.79 Å². The van der Waals surface area contributed by atoms with Gasteiger partial charge in [0.05, 0.1) is 10.6 Å². The van der Waals surface area contributed by atoms with Crippen molar-refractivity contribution in [1.82, 2.24) is 4.98 Å². The Morgan fingerprint density at radius 2 is 2.24 bits per heavy atom. The third kappa shape index (κ3) is 2.86. The van der Waals surface area contributed by atoms with Crippen LogP contribution in [0.4, 0.5) is 5.13 Å². The van der Waals surface area contributed by atoms with Gasteiger partial charge in [-0.2, -0.15) is 0 Å². The van der Waals surface area contributed by atoms with Crippen molar-refractivity contribution in [2.45, 2.75) is 52.5 Å². The van der Waals surface area contributed by atoms with Crippen LogP contribution in [0, 0.1) is 6.92 Å². The highest BCUT2D eigenvalue weighted by Crippen LogP contribution is 2.35. The van der Waals surface area contributed by atoms with Gasteiger partial charge in [0.25, 0.3) is 0 Å². The maximum atomic E-state index is 11.5. The molecule has 0 unspecified atom stereocenters. The fourth-order valence-corrected chi connectivity index (χ4v) is 3.04. The highest BCUT2D eigenvalue weighted by atomic mass is 32.1. The first-order valence-corrected chi connectivity index (χ1v) is 7.20. The van der Waals surface area contributed by atoms with E-state index in [1.54, 1.807) is 18.3 Å². The number of aryl methyl sites for hydroxylation is 1. The van der Waals surface area contributed by atoms with E-state index in [0.29, 0.717) is 6.04 Å². The van der Waals surface area contributed by atoms with Gasteiger partial charge in [0, 0.05) is 19.5 Å². The lowest BCUT2D eigenvalue weighted by Crippen LogP contribution is -2.26. The minimum atomic E-state index is 0.137. The van der Waals surface area contributed by atoms with Gasteiger partial charge >= 0.3 is 0 Å². The van der Waals surface area contributed by atoms with Crippen molar-refractivity contribution in [2.24, 2.45) is 0 Å². The molecule has 0 saturated heterocycles. The molecule has 1 aromatic heterocycles. The molecule has 94 valence electrons. The van der Waals surface area contributed by atoms with E-state index in [0.717, 1.165) is 22.2 Å². The Balaban J connectivity index is 2.17. The number of unbranched alkanes of at least 4 members (excludes halogenated alkanes) is 1. The van der Waals surface area contributed by atoms with Crippen molar-refractivity contribution in [3.8, 4) is 0 Å². The molecule has 2 rings (SSSR count). The summed E-state index contributed by atoms with van der Waals surface area (Å²) in [5.74, 6) is 0.137. The van der Waals surface area contributed by atoms with Crippen LogP contribution in [0.3, 0.4) is 0 Å². The molecule has 3 nitrogen and oxygen atoms in total. The smallest absolute Gasteiger partial charge is 0.186 e. The zero-order chi connectivity index (χ0) is 12.4. The van der Waals surface area contributed by atoms with Gasteiger partial charge in [0.15, 0.2) is 10.9 Å². The quantitative estimate of drug-likeness (QED) is 0.727. The number of carbonyl (C=O) groups excluding carboxylic acids is 1. The van der Waals surface area contributed by atoms with Gasteiger partial charge < -0.3 is 4.90 Å². The molecule has 1 saturated carbocycles. The number of ketones is 1. The Labute approximate surface area is 107 Å². The minimum Gasteiger partial charge on any atom is -0.345 e. The highest BCUT2D eigenvalue weighted by Gasteiger charge is 2.31.